The van der Waals surface area contributed by atoms with Crippen molar-refractivity contribution in [3.05, 3.63) is 0 Å². The predicted octanol–water partition coefficient (Wildman–Crippen LogP) is 2.38. The average molecular weight is 282 g/mol. The van der Waals surface area contributed by atoms with E-state index in [0.717, 1.165) is 25.7 Å². The molecule has 1 aliphatic heterocycles. The molecule has 4 heteroatoms. The highest BCUT2D eigenvalue weighted by molar-refractivity contribution is 5.84. The molecule has 0 aromatic heterocycles. The Hall–Kier alpha value is -0.610. The quantitative estimate of drug-likeness (QED) is 0.813. The highest BCUT2D eigenvalue weighted by Gasteiger charge is 2.46. The maximum Gasteiger partial charge on any atom is 0.241 e. The lowest BCUT2D eigenvalue weighted by Crippen LogP contribution is -2.53. The molecule has 0 aromatic rings. The number of rotatable bonds is 6. The maximum atomic E-state index is 12.7. The lowest BCUT2D eigenvalue weighted by atomic mass is 9.87. The van der Waals surface area contributed by atoms with Crippen molar-refractivity contribution in [2.24, 2.45) is 11.8 Å². The van der Waals surface area contributed by atoms with Crippen molar-refractivity contribution in [3.63, 3.8) is 0 Å². The van der Waals surface area contributed by atoms with Crippen molar-refractivity contribution < 1.29 is 9.53 Å². The molecule has 1 N–H and O–H groups in total. The number of hydrogen-bond acceptors (Lipinski definition) is 3. The Balaban J connectivity index is 2.02. The number of nitrogens with one attached hydrogen (secondary N) is 1. The number of nitrogens with zero attached hydrogens (tertiary/aromatic N) is 1. The summed E-state index contributed by atoms with van der Waals surface area (Å²) in [6, 6.07) is 0.390. The molecule has 1 heterocycles. The zero-order valence-corrected chi connectivity index (χ0v) is 13.6. The third kappa shape index (κ3) is 3.34. The number of amides is 1. The Labute approximate surface area is 123 Å². The van der Waals surface area contributed by atoms with Crippen molar-refractivity contribution in [3.8, 4) is 0 Å². The first-order valence-corrected chi connectivity index (χ1v) is 8.03. The van der Waals surface area contributed by atoms with E-state index in [0.29, 0.717) is 29.9 Å². The Kier molecular flexibility index (Phi) is 5.08. The Bertz CT molecular complexity index is 337. The van der Waals surface area contributed by atoms with Crippen LogP contribution in [0.15, 0.2) is 0 Å². The molecule has 2 unspecified atom stereocenters. The number of hydrogen-bond donors (Lipinski definition) is 1. The second kappa shape index (κ2) is 6.44. The molecule has 0 aromatic carbocycles. The van der Waals surface area contributed by atoms with Gasteiger partial charge in [0.05, 0.1) is 18.3 Å². The first-order valence-electron chi connectivity index (χ1n) is 8.03. The highest BCUT2D eigenvalue weighted by atomic mass is 16.5. The van der Waals surface area contributed by atoms with Crippen LogP contribution >= 0.6 is 0 Å². The van der Waals surface area contributed by atoms with Crippen LogP contribution in [0.5, 0.6) is 0 Å². The molecule has 1 saturated carbocycles. The lowest BCUT2D eigenvalue weighted by molar-refractivity contribution is -0.138. The molecule has 2 fully saturated rings. The van der Waals surface area contributed by atoms with E-state index < -0.39 is 0 Å². The van der Waals surface area contributed by atoms with E-state index in [1.807, 2.05) is 0 Å². The van der Waals surface area contributed by atoms with Gasteiger partial charge in [0.25, 0.3) is 0 Å². The fourth-order valence-corrected chi connectivity index (χ4v) is 3.38. The molecule has 1 saturated heterocycles. The smallest absolute Gasteiger partial charge is 0.241 e. The zero-order chi connectivity index (χ0) is 14.9. The normalized spacial score (nSPS) is 34.1. The first kappa shape index (κ1) is 15.8. The molecule has 2 aliphatic rings. The molecule has 0 radical (unpaired) electrons. The van der Waals surface area contributed by atoms with Crippen LogP contribution in [0.3, 0.4) is 0 Å². The Morgan fingerprint density at radius 1 is 1.20 bits per heavy atom. The molecule has 1 amide bonds. The Morgan fingerprint density at radius 3 is 2.30 bits per heavy atom. The molecular formula is C16H30N2O2. The van der Waals surface area contributed by atoms with Crippen LogP contribution in [0.4, 0.5) is 0 Å². The monoisotopic (exact) mass is 282 g/mol. The van der Waals surface area contributed by atoms with Crippen LogP contribution in [-0.2, 0) is 9.53 Å². The minimum atomic E-state index is 0.0142. The number of methoxy groups -OCH3 is 1. The van der Waals surface area contributed by atoms with Crippen LogP contribution < -0.4 is 5.32 Å². The summed E-state index contributed by atoms with van der Waals surface area (Å²) in [5.74, 6) is 1.45. The molecule has 20 heavy (non-hydrogen) atoms. The summed E-state index contributed by atoms with van der Waals surface area (Å²) < 4.78 is 5.36. The summed E-state index contributed by atoms with van der Waals surface area (Å²) in [5, 5.41) is 3.57. The molecular weight excluding hydrogens is 252 g/mol. The summed E-state index contributed by atoms with van der Waals surface area (Å²) in [6.07, 6.45) is 4.52. The summed E-state index contributed by atoms with van der Waals surface area (Å²) in [7, 11) is 1.76. The molecule has 0 spiro atoms. The highest BCUT2D eigenvalue weighted by Crippen LogP contribution is 2.33. The van der Waals surface area contributed by atoms with Gasteiger partial charge in [-0.3, -0.25) is 10.1 Å². The lowest BCUT2D eigenvalue weighted by Gasteiger charge is -2.43. The molecule has 116 valence electrons. The van der Waals surface area contributed by atoms with Gasteiger partial charge < -0.3 is 9.64 Å². The van der Waals surface area contributed by atoms with Gasteiger partial charge in [-0.05, 0) is 37.5 Å². The van der Waals surface area contributed by atoms with Crippen LogP contribution in [0.2, 0.25) is 0 Å². The topological polar surface area (TPSA) is 41.6 Å². The number of ether oxygens (including phenoxy) is 1. The van der Waals surface area contributed by atoms with Crippen LogP contribution in [0.1, 0.15) is 53.4 Å². The Morgan fingerprint density at radius 2 is 1.80 bits per heavy atom. The van der Waals surface area contributed by atoms with E-state index in [-0.39, 0.29) is 12.2 Å². The fraction of sp³-hybridized carbons (Fsp3) is 0.938. The molecule has 2 rings (SSSR count). The molecule has 4 nitrogen and oxygen atoms in total. The number of carbonyl (C=O) groups excluding carboxylic acids is 1. The summed E-state index contributed by atoms with van der Waals surface area (Å²) in [6.45, 7) is 8.80. The SMILES string of the molecule is COC1CC(N2C(=O)C(CC(C)C)NC2CC(C)C)C1. The maximum absolute atomic E-state index is 12.7. The van der Waals surface area contributed by atoms with E-state index in [1.165, 1.54) is 0 Å². The van der Waals surface area contributed by atoms with Crippen LogP contribution in [-0.4, -0.2) is 42.3 Å². The van der Waals surface area contributed by atoms with Crippen molar-refractivity contribution in [2.45, 2.75) is 77.7 Å². The van der Waals surface area contributed by atoms with Gasteiger partial charge in [0.1, 0.15) is 0 Å². The molecule has 1 aliphatic carbocycles. The fourth-order valence-electron chi connectivity index (χ4n) is 3.38. The van der Waals surface area contributed by atoms with Gasteiger partial charge in [-0.15, -0.1) is 0 Å². The second-order valence-electron chi connectivity index (χ2n) is 7.22. The predicted molar refractivity (Wildman–Crippen MR) is 80.3 cm³/mol. The third-order valence-corrected chi connectivity index (χ3v) is 4.48. The van der Waals surface area contributed by atoms with E-state index >= 15 is 0 Å². The van der Waals surface area contributed by atoms with E-state index in [2.05, 4.69) is 37.9 Å². The van der Waals surface area contributed by atoms with E-state index in [9.17, 15) is 4.79 Å². The van der Waals surface area contributed by atoms with Crippen molar-refractivity contribution in [1.82, 2.24) is 10.2 Å². The third-order valence-electron chi connectivity index (χ3n) is 4.48. The molecule has 2 atom stereocenters. The van der Waals surface area contributed by atoms with Crippen molar-refractivity contribution in [2.75, 3.05) is 7.11 Å². The van der Waals surface area contributed by atoms with Gasteiger partial charge in [0, 0.05) is 13.2 Å². The standard InChI is InChI=1S/C16H30N2O2/c1-10(2)6-14-16(19)18(12-8-13(9-12)20-5)15(17-14)7-11(3)4/h10-15,17H,6-9H2,1-5H3. The summed E-state index contributed by atoms with van der Waals surface area (Å²) >= 11 is 0. The summed E-state index contributed by atoms with van der Waals surface area (Å²) in [5.41, 5.74) is 0. The largest absolute Gasteiger partial charge is 0.381 e. The van der Waals surface area contributed by atoms with Crippen LogP contribution in [0.25, 0.3) is 0 Å². The van der Waals surface area contributed by atoms with E-state index in [1.54, 1.807) is 7.11 Å². The van der Waals surface area contributed by atoms with Crippen molar-refractivity contribution in [1.29, 1.82) is 0 Å². The van der Waals surface area contributed by atoms with E-state index in [4.69, 9.17) is 4.74 Å². The number of carbonyl (C=O) groups is 1. The zero-order valence-electron chi connectivity index (χ0n) is 13.6. The van der Waals surface area contributed by atoms with Gasteiger partial charge in [-0.1, -0.05) is 27.7 Å². The molecule has 0 bridgehead atoms. The summed E-state index contributed by atoms with van der Waals surface area (Å²) in [4.78, 5) is 14.8. The van der Waals surface area contributed by atoms with Gasteiger partial charge in [0.15, 0.2) is 0 Å². The van der Waals surface area contributed by atoms with Gasteiger partial charge in [-0.2, -0.15) is 0 Å². The first-order chi connectivity index (χ1) is 9.42. The minimum Gasteiger partial charge on any atom is -0.381 e. The average Bonchev–Trinajstić information content (AvgIpc) is 2.54. The second-order valence-corrected chi connectivity index (χ2v) is 7.22. The van der Waals surface area contributed by atoms with Gasteiger partial charge >= 0.3 is 0 Å². The van der Waals surface area contributed by atoms with Gasteiger partial charge in [-0.25, -0.2) is 0 Å². The van der Waals surface area contributed by atoms with Gasteiger partial charge in [0.2, 0.25) is 5.91 Å². The van der Waals surface area contributed by atoms with Crippen LogP contribution in [0, 0.1) is 11.8 Å². The van der Waals surface area contributed by atoms with Crippen molar-refractivity contribution >= 4 is 5.91 Å². The minimum absolute atomic E-state index is 0.0142.